The van der Waals surface area contributed by atoms with Crippen LogP contribution in [0.4, 0.5) is 0 Å². The Morgan fingerprint density at radius 3 is 2.61 bits per heavy atom. The zero-order chi connectivity index (χ0) is 13.2. The molecule has 0 aromatic heterocycles. The van der Waals surface area contributed by atoms with E-state index in [4.69, 9.17) is 5.73 Å². The number of sulfonamides is 1. The Kier molecular flexibility index (Phi) is 4.04. The van der Waals surface area contributed by atoms with E-state index in [9.17, 15) is 8.42 Å². The van der Waals surface area contributed by atoms with Crippen molar-refractivity contribution in [2.75, 3.05) is 12.3 Å². The van der Waals surface area contributed by atoms with Crippen molar-refractivity contribution in [3.8, 4) is 0 Å². The van der Waals surface area contributed by atoms with Crippen molar-refractivity contribution in [1.82, 2.24) is 4.31 Å². The van der Waals surface area contributed by atoms with Gasteiger partial charge in [-0.2, -0.15) is 4.31 Å². The molecule has 1 aromatic carbocycles. The van der Waals surface area contributed by atoms with E-state index in [1.54, 1.807) is 0 Å². The Labute approximate surface area is 109 Å². The molecule has 0 saturated carbocycles. The fourth-order valence-electron chi connectivity index (χ4n) is 2.40. The average molecular weight is 268 g/mol. The van der Waals surface area contributed by atoms with Crippen LogP contribution in [0.5, 0.6) is 0 Å². The van der Waals surface area contributed by atoms with Crippen LogP contribution in [-0.2, 0) is 10.0 Å². The molecule has 2 N–H and O–H groups in total. The molecule has 2 unspecified atom stereocenters. The highest BCUT2D eigenvalue weighted by Crippen LogP contribution is 2.23. The van der Waals surface area contributed by atoms with E-state index in [0.717, 1.165) is 18.4 Å². The smallest absolute Gasteiger partial charge is 0.216 e. The number of hydrogen-bond acceptors (Lipinski definition) is 3. The lowest BCUT2D eigenvalue weighted by atomic mass is 10.0. The van der Waals surface area contributed by atoms with Gasteiger partial charge >= 0.3 is 0 Å². The molecule has 2 rings (SSSR count). The third-order valence-corrected chi connectivity index (χ3v) is 5.52. The van der Waals surface area contributed by atoms with Gasteiger partial charge in [-0.05, 0) is 24.3 Å². The summed E-state index contributed by atoms with van der Waals surface area (Å²) < 4.78 is 26.0. The minimum atomic E-state index is -3.25. The van der Waals surface area contributed by atoms with Crippen molar-refractivity contribution in [2.45, 2.75) is 31.8 Å². The molecular formula is C13H20N2O2S. The molecule has 1 aliphatic heterocycles. The Morgan fingerprint density at radius 2 is 2.06 bits per heavy atom. The molecule has 1 fully saturated rings. The molecule has 1 aromatic rings. The summed E-state index contributed by atoms with van der Waals surface area (Å²) in [6, 6.07) is 9.72. The van der Waals surface area contributed by atoms with Crippen LogP contribution in [0.3, 0.4) is 0 Å². The number of rotatable bonds is 4. The maximum absolute atomic E-state index is 12.3. The van der Waals surface area contributed by atoms with Gasteiger partial charge in [0.25, 0.3) is 0 Å². The van der Waals surface area contributed by atoms with E-state index in [2.05, 4.69) is 0 Å². The first-order valence-electron chi connectivity index (χ1n) is 6.31. The zero-order valence-electron chi connectivity index (χ0n) is 10.6. The summed E-state index contributed by atoms with van der Waals surface area (Å²) in [5.41, 5.74) is 6.88. The highest BCUT2D eigenvalue weighted by molar-refractivity contribution is 7.89. The molecule has 0 aliphatic carbocycles. The predicted molar refractivity (Wildman–Crippen MR) is 72.6 cm³/mol. The lowest BCUT2D eigenvalue weighted by Crippen LogP contribution is -2.42. The number of hydrogen-bond donors (Lipinski definition) is 1. The van der Waals surface area contributed by atoms with Crippen LogP contribution in [-0.4, -0.2) is 31.2 Å². The van der Waals surface area contributed by atoms with Crippen LogP contribution >= 0.6 is 0 Å². The van der Waals surface area contributed by atoms with Crippen molar-refractivity contribution in [1.29, 1.82) is 0 Å². The SMILES string of the molecule is CC(CS(=O)(=O)N1CCCC1N)c1ccccc1. The Balaban J connectivity index is 2.09. The van der Waals surface area contributed by atoms with Gasteiger partial charge in [-0.25, -0.2) is 8.42 Å². The highest BCUT2D eigenvalue weighted by Gasteiger charge is 2.32. The third-order valence-electron chi connectivity index (χ3n) is 3.43. The minimum Gasteiger partial charge on any atom is -0.315 e. The molecule has 0 amide bonds. The molecule has 100 valence electrons. The molecular weight excluding hydrogens is 248 g/mol. The fraction of sp³-hybridized carbons (Fsp3) is 0.538. The summed E-state index contributed by atoms with van der Waals surface area (Å²) in [4.78, 5) is 0. The van der Waals surface area contributed by atoms with Crippen LogP contribution in [0.25, 0.3) is 0 Å². The summed E-state index contributed by atoms with van der Waals surface area (Å²) in [5, 5.41) is 0. The van der Waals surface area contributed by atoms with Crippen molar-refractivity contribution in [3.63, 3.8) is 0 Å². The van der Waals surface area contributed by atoms with Gasteiger partial charge in [-0.15, -0.1) is 0 Å². The molecule has 0 bridgehead atoms. The predicted octanol–water partition coefficient (Wildman–Crippen LogP) is 1.50. The van der Waals surface area contributed by atoms with Crippen LogP contribution in [0.2, 0.25) is 0 Å². The number of nitrogens with zero attached hydrogens (tertiary/aromatic N) is 1. The molecule has 1 aliphatic rings. The Bertz CT molecular complexity index is 487. The fourth-order valence-corrected chi connectivity index (χ4v) is 4.34. The van der Waals surface area contributed by atoms with Crippen LogP contribution in [0.1, 0.15) is 31.2 Å². The van der Waals surface area contributed by atoms with Gasteiger partial charge in [0, 0.05) is 6.54 Å². The third kappa shape index (κ3) is 2.91. The molecule has 5 heteroatoms. The second-order valence-corrected chi connectivity index (χ2v) is 6.88. The van der Waals surface area contributed by atoms with E-state index in [1.807, 2.05) is 37.3 Å². The first-order valence-corrected chi connectivity index (χ1v) is 7.91. The largest absolute Gasteiger partial charge is 0.315 e. The van der Waals surface area contributed by atoms with Crippen LogP contribution in [0, 0.1) is 0 Å². The lowest BCUT2D eigenvalue weighted by Gasteiger charge is -2.23. The van der Waals surface area contributed by atoms with Crippen LogP contribution < -0.4 is 5.73 Å². The van der Waals surface area contributed by atoms with E-state index in [1.165, 1.54) is 4.31 Å². The first kappa shape index (κ1) is 13.5. The summed E-state index contributed by atoms with van der Waals surface area (Å²) in [7, 11) is -3.25. The number of benzene rings is 1. The van der Waals surface area contributed by atoms with E-state index in [0.29, 0.717) is 6.54 Å². The van der Waals surface area contributed by atoms with Gasteiger partial charge in [0.1, 0.15) is 0 Å². The van der Waals surface area contributed by atoms with Gasteiger partial charge in [-0.1, -0.05) is 37.3 Å². The summed E-state index contributed by atoms with van der Waals surface area (Å²) in [6.45, 7) is 2.50. The van der Waals surface area contributed by atoms with Crippen molar-refractivity contribution < 1.29 is 8.42 Å². The van der Waals surface area contributed by atoms with Gasteiger partial charge in [-0.3, -0.25) is 0 Å². The average Bonchev–Trinajstić information content (AvgIpc) is 2.77. The van der Waals surface area contributed by atoms with Gasteiger partial charge in [0.05, 0.1) is 11.9 Å². The highest BCUT2D eigenvalue weighted by atomic mass is 32.2. The molecule has 1 heterocycles. The minimum absolute atomic E-state index is 0.0102. The van der Waals surface area contributed by atoms with E-state index < -0.39 is 10.0 Å². The second kappa shape index (κ2) is 5.38. The normalized spacial score (nSPS) is 23.1. The second-order valence-electron chi connectivity index (χ2n) is 4.91. The summed E-state index contributed by atoms with van der Waals surface area (Å²) in [6.07, 6.45) is 1.29. The maximum Gasteiger partial charge on any atom is 0.216 e. The van der Waals surface area contributed by atoms with Crippen molar-refractivity contribution >= 4 is 10.0 Å². The van der Waals surface area contributed by atoms with Crippen molar-refractivity contribution in [2.24, 2.45) is 5.73 Å². The molecule has 2 atom stereocenters. The quantitative estimate of drug-likeness (QED) is 0.900. The Morgan fingerprint density at radius 1 is 1.39 bits per heavy atom. The van der Waals surface area contributed by atoms with Gasteiger partial charge in [0.2, 0.25) is 10.0 Å². The van der Waals surface area contributed by atoms with E-state index >= 15 is 0 Å². The lowest BCUT2D eigenvalue weighted by molar-refractivity contribution is 0.394. The standard InChI is InChI=1S/C13H20N2O2S/c1-11(12-6-3-2-4-7-12)10-18(16,17)15-9-5-8-13(15)14/h2-4,6-7,11,13H,5,8-10,14H2,1H3. The number of nitrogens with two attached hydrogens (primary N) is 1. The maximum atomic E-state index is 12.3. The van der Waals surface area contributed by atoms with Gasteiger partial charge in [0.15, 0.2) is 0 Å². The summed E-state index contributed by atoms with van der Waals surface area (Å²) >= 11 is 0. The zero-order valence-corrected chi connectivity index (χ0v) is 11.4. The summed E-state index contributed by atoms with van der Waals surface area (Å²) in [5.74, 6) is 0.119. The first-order chi connectivity index (χ1) is 8.50. The molecule has 0 spiro atoms. The van der Waals surface area contributed by atoms with Crippen LogP contribution in [0.15, 0.2) is 30.3 Å². The molecule has 1 saturated heterocycles. The van der Waals surface area contributed by atoms with E-state index in [-0.39, 0.29) is 17.8 Å². The molecule has 18 heavy (non-hydrogen) atoms. The Hall–Kier alpha value is -0.910. The van der Waals surface area contributed by atoms with Crippen molar-refractivity contribution in [3.05, 3.63) is 35.9 Å². The van der Waals surface area contributed by atoms with Gasteiger partial charge < -0.3 is 5.73 Å². The topological polar surface area (TPSA) is 63.4 Å². The monoisotopic (exact) mass is 268 g/mol. The molecule has 4 nitrogen and oxygen atoms in total. The molecule has 0 radical (unpaired) electrons.